The Morgan fingerprint density at radius 1 is 1.14 bits per heavy atom. The van der Waals surface area contributed by atoms with Crippen LogP contribution < -0.4 is 5.32 Å². The van der Waals surface area contributed by atoms with Crippen molar-refractivity contribution in [1.29, 1.82) is 0 Å². The average Bonchev–Trinajstić information content (AvgIpc) is 2.94. The molecule has 0 radical (unpaired) electrons. The Bertz CT molecular complexity index is 766. The van der Waals surface area contributed by atoms with E-state index in [1.807, 2.05) is 25.1 Å². The zero-order valence-electron chi connectivity index (χ0n) is 12.5. The molecule has 0 aliphatic carbocycles. The van der Waals surface area contributed by atoms with Gasteiger partial charge in [-0.05, 0) is 19.4 Å². The summed E-state index contributed by atoms with van der Waals surface area (Å²) in [6, 6.07) is 8.07. The predicted octanol–water partition coefficient (Wildman–Crippen LogP) is 1.93. The molecular weight excluding hydrogens is 278 g/mol. The van der Waals surface area contributed by atoms with E-state index in [0.29, 0.717) is 18.9 Å². The van der Waals surface area contributed by atoms with Crippen LogP contribution in [0.1, 0.15) is 17.2 Å². The van der Waals surface area contributed by atoms with E-state index in [1.165, 1.54) is 0 Å². The van der Waals surface area contributed by atoms with Gasteiger partial charge >= 0.3 is 0 Å². The fraction of sp³-hybridized carbons (Fsp3) is 0.267. The maximum Gasteiger partial charge on any atom is 0.243 e. The van der Waals surface area contributed by atoms with Gasteiger partial charge < -0.3 is 5.32 Å². The van der Waals surface area contributed by atoms with Gasteiger partial charge in [-0.2, -0.15) is 10.2 Å². The number of anilines is 1. The van der Waals surface area contributed by atoms with Crippen molar-refractivity contribution in [2.24, 2.45) is 0 Å². The van der Waals surface area contributed by atoms with E-state index in [9.17, 15) is 0 Å². The van der Waals surface area contributed by atoms with E-state index >= 15 is 0 Å². The van der Waals surface area contributed by atoms with Crippen molar-refractivity contribution in [3.8, 4) is 11.3 Å². The van der Waals surface area contributed by atoms with Crippen LogP contribution in [-0.2, 0) is 6.42 Å². The van der Waals surface area contributed by atoms with Gasteiger partial charge in [0.05, 0.1) is 11.9 Å². The molecule has 1 aromatic carbocycles. The third kappa shape index (κ3) is 3.25. The van der Waals surface area contributed by atoms with Crippen molar-refractivity contribution in [2.45, 2.75) is 20.3 Å². The molecule has 3 rings (SSSR count). The van der Waals surface area contributed by atoms with Crippen molar-refractivity contribution in [3.63, 3.8) is 0 Å². The van der Waals surface area contributed by atoms with Crippen LogP contribution in [-0.4, -0.2) is 36.9 Å². The number of aromatic nitrogens is 6. The van der Waals surface area contributed by atoms with E-state index in [0.717, 1.165) is 28.5 Å². The quantitative estimate of drug-likeness (QED) is 0.747. The minimum absolute atomic E-state index is 0.507. The Morgan fingerprint density at radius 3 is 2.77 bits per heavy atom. The summed E-state index contributed by atoms with van der Waals surface area (Å²) in [5, 5.41) is 18.1. The summed E-state index contributed by atoms with van der Waals surface area (Å²) in [6.07, 6.45) is 2.37. The SMILES string of the molecule is Cc1nc(CCNc2nncc(-c3ccccc3C)n2)n[nH]1. The monoisotopic (exact) mass is 295 g/mol. The van der Waals surface area contributed by atoms with Crippen LogP contribution >= 0.6 is 0 Å². The molecule has 7 heteroatoms. The zero-order chi connectivity index (χ0) is 15.4. The second-order valence-electron chi connectivity index (χ2n) is 4.99. The summed E-state index contributed by atoms with van der Waals surface area (Å²) in [7, 11) is 0. The van der Waals surface area contributed by atoms with E-state index in [1.54, 1.807) is 6.20 Å². The van der Waals surface area contributed by atoms with Crippen LogP contribution in [0.2, 0.25) is 0 Å². The number of aromatic amines is 1. The number of rotatable bonds is 5. The minimum atomic E-state index is 0.507. The van der Waals surface area contributed by atoms with Crippen LogP contribution in [0.3, 0.4) is 0 Å². The normalized spacial score (nSPS) is 10.6. The summed E-state index contributed by atoms with van der Waals surface area (Å²) in [4.78, 5) is 8.76. The highest BCUT2D eigenvalue weighted by Crippen LogP contribution is 2.20. The number of hydrogen-bond acceptors (Lipinski definition) is 6. The van der Waals surface area contributed by atoms with Gasteiger partial charge in [-0.25, -0.2) is 9.97 Å². The fourth-order valence-corrected chi connectivity index (χ4v) is 2.16. The van der Waals surface area contributed by atoms with Gasteiger partial charge in [-0.1, -0.05) is 24.3 Å². The molecular formula is C15H17N7. The Labute approximate surface area is 128 Å². The summed E-state index contributed by atoms with van der Waals surface area (Å²) >= 11 is 0. The van der Waals surface area contributed by atoms with E-state index in [4.69, 9.17) is 0 Å². The van der Waals surface area contributed by atoms with Crippen LogP contribution in [0.15, 0.2) is 30.5 Å². The van der Waals surface area contributed by atoms with E-state index in [2.05, 4.69) is 48.7 Å². The van der Waals surface area contributed by atoms with E-state index < -0.39 is 0 Å². The van der Waals surface area contributed by atoms with Gasteiger partial charge in [-0.15, -0.1) is 5.10 Å². The predicted molar refractivity (Wildman–Crippen MR) is 83.3 cm³/mol. The molecule has 22 heavy (non-hydrogen) atoms. The first-order chi connectivity index (χ1) is 10.7. The molecule has 0 atom stereocenters. The molecule has 0 unspecified atom stereocenters. The maximum absolute atomic E-state index is 4.51. The maximum atomic E-state index is 4.51. The molecule has 112 valence electrons. The molecule has 0 saturated heterocycles. The van der Waals surface area contributed by atoms with Gasteiger partial charge in [0.15, 0.2) is 5.82 Å². The van der Waals surface area contributed by atoms with Gasteiger partial charge in [0.25, 0.3) is 0 Å². The lowest BCUT2D eigenvalue weighted by Gasteiger charge is -2.06. The van der Waals surface area contributed by atoms with Crippen LogP contribution in [0.5, 0.6) is 0 Å². The molecule has 2 heterocycles. The number of aryl methyl sites for hydroxylation is 2. The summed E-state index contributed by atoms with van der Waals surface area (Å²) in [6.45, 7) is 4.58. The van der Waals surface area contributed by atoms with Crippen molar-refractivity contribution in [3.05, 3.63) is 47.7 Å². The minimum Gasteiger partial charge on any atom is -0.352 e. The van der Waals surface area contributed by atoms with Gasteiger partial charge in [0, 0.05) is 18.5 Å². The third-order valence-corrected chi connectivity index (χ3v) is 3.26. The van der Waals surface area contributed by atoms with Crippen LogP contribution in [0.4, 0.5) is 5.95 Å². The Hall–Kier alpha value is -2.83. The highest BCUT2D eigenvalue weighted by atomic mass is 15.2. The second-order valence-corrected chi connectivity index (χ2v) is 4.99. The first-order valence-corrected chi connectivity index (χ1v) is 7.10. The molecule has 0 spiro atoms. The molecule has 3 aromatic rings. The number of nitrogens with one attached hydrogen (secondary N) is 2. The molecule has 0 bridgehead atoms. The Balaban J connectivity index is 1.68. The lowest BCUT2D eigenvalue weighted by molar-refractivity contribution is 0.877. The molecule has 0 amide bonds. The van der Waals surface area contributed by atoms with Crippen LogP contribution in [0, 0.1) is 13.8 Å². The topological polar surface area (TPSA) is 92.3 Å². The van der Waals surface area contributed by atoms with Crippen molar-refractivity contribution < 1.29 is 0 Å². The first kappa shape index (κ1) is 14.1. The number of H-pyrrole nitrogens is 1. The highest BCUT2D eigenvalue weighted by Gasteiger charge is 2.06. The molecule has 7 nitrogen and oxygen atoms in total. The molecule has 2 N–H and O–H groups in total. The van der Waals surface area contributed by atoms with Gasteiger partial charge in [0.2, 0.25) is 5.95 Å². The van der Waals surface area contributed by atoms with Gasteiger partial charge in [0.1, 0.15) is 5.82 Å². The highest BCUT2D eigenvalue weighted by molar-refractivity contribution is 5.63. The average molecular weight is 295 g/mol. The molecule has 0 saturated carbocycles. The van der Waals surface area contributed by atoms with E-state index in [-0.39, 0.29) is 0 Å². The lowest BCUT2D eigenvalue weighted by Crippen LogP contribution is -2.10. The number of nitrogens with zero attached hydrogens (tertiary/aromatic N) is 5. The van der Waals surface area contributed by atoms with Crippen molar-refractivity contribution >= 4 is 5.95 Å². The van der Waals surface area contributed by atoms with Crippen LogP contribution in [0.25, 0.3) is 11.3 Å². The second kappa shape index (κ2) is 6.30. The third-order valence-electron chi connectivity index (χ3n) is 3.26. The lowest BCUT2D eigenvalue weighted by atomic mass is 10.1. The van der Waals surface area contributed by atoms with Gasteiger partial charge in [-0.3, -0.25) is 5.10 Å². The Morgan fingerprint density at radius 2 is 2.00 bits per heavy atom. The zero-order valence-corrected chi connectivity index (χ0v) is 12.5. The largest absolute Gasteiger partial charge is 0.352 e. The molecule has 2 aromatic heterocycles. The molecule has 0 aliphatic heterocycles. The summed E-state index contributed by atoms with van der Waals surface area (Å²) in [5.41, 5.74) is 3.03. The summed E-state index contributed by atoms with van der Waals surface area (Å²) < 4.78 is 0. The summed E-state index contributed by atoms with van der Waals surface area (Å²) in [5.74, 6) is 2.09. The molecule has 0 fully saturated rings. The smallest absolute Gasteiger partial charge is 0.243 e. The fourth-order valence-electron chi connectivity index (χ4n) is 2.16. The number of hydrogen-bond donors (Lipinski definition) is 2. The molecule has 0 aliphatic rings. The standard InChI is InChI=1S/C15H17N7/c1-10-5-3-4-6-12(10)13-9-17-22-15(19-13)16-8-7-14-18-11(2)20-21-14/h3-6,9H,7-8H2,1-2H3,(H,16,19,22)(H,18,20,21). The van der Waals surface area contributed by atoms with Crippen molar-refractivity contribution in [1.82, 2.24) is 30.4 Å². The first-order valence-electron chi connectivity index (χ1n) is 7.10. The number of benzene rings is 1. The van der Waals surface area contributed by atoms with Crippen molar-refractivity contribution in [2.75, 3.05) is 11.9 Å². The Kier molecular flexibility index (Phi) is 4.04.